The maximum absolute atomic E-state index is 12.0. The first-order valence-corrected chi connectivity index (χ1v) is 6.46. The SMILES string of the molecule is [CH]C1(C(=O)OC(=O)C2([CH])CCOCC2)CCOCC1. The van der Waals surface area contributed by atoms with Crippen LogP contribution in [0.4, 0.5) is 0 Å². The summed E-state index contributed by atoms with van der Waals surface area (Å²) < 4.78 is 15.2. The van der Waals surface area contributed by atoms with Gasteiger partial charge in [-0.3, -0.25) is 9.59 Å². The van der Waals surface area contributed by atoms with Crippen LogP contribution in [0.2, 0.25) is 0 Å². The van der Waals surface area contributed by atoms with Crippen molar-refractivity contribution >= 4 is 11.9 Å². The zero-order valence-electron chi connectivity index (χ0n) is 10.9. The van der Waals surface area contributed by atoms with Gasteiger partial charge in [-0.2, -0.15) is 0 Å². The van der Waals surface area contributed by atoms with Gasteiger partial charge in [-0.1, -0.05) is 0 Å². The molecule has 2 heterocycles. The Morgan fingerprint density at radius 2 is 1.11 bits per heavy atom. The molecule has 2 aliphatic rings. The maximum atomic E-state index is 12.0. The van der Waals surface area contributed by atoms with Crippen LogP contribution in [0.25, 0.3) is 0 Å². The number of rotatable bonds is 2. The number of ether oxygens (including phenoxy) is 3. The van der Waals surface area contributed by atoms with E-state index in [-0.39, 0.29) is 0 Å². The molecule has 0 aromatic heterocycles. The van der Waals surface area contributed by atoms with Crippen molar-refractivity contribution in [3.63, 3.8) is 0 Å². The topological polar surface area (TPSA) is 61.8 Å². The number of hydrogen-bond acceptors (Lipinski definition) is 5. The summed E-state index contributed by atoms with van der Waals surface area (Å²) >= 11 is 0. The number of esters is 2. The van der Waals surface area contributed by atoms with Gasteiger partial charge in [-0.05, 0) is 39.5 Å². The Hall–Kier alpha value is -0.940. The summed E-state index contributed by atoms with van der Waals surface area (Å²) in [4.78, 5) is 24.0. The number of carbonyl (C=O) groups is 2. The summed E-state index contributed by atoms with van der Waals surface area (Å²) in [7, 11) is 0. The first-order valence-electron chi connectivity index (χ1n) is 6.46. The molecular formula is C14H18O5. The molecule has 0 saturated carbocycles. The third kappa shape index (κ3) is 3.15. The quantitative estimate of drug-likeness (QED) is 0.552. The molecule has 2 fully saturated rings. The van der Waals surface area contributed by atoms with Gasteiger partial charge in [0.25, 0.3) is 0 Å². The molecule has 0 bridgehead atoms. The molecule has 0 unspecified atom stereocenters. The van der Waals surface area contributed by atoms with Gasteiger partial charge in [0.1, 0.15) is 0 Å². The summed E-state index contributed by atoms with van der Waals surface area (Å²) in [6.45, 7) is 13.5. The molecule has 2 rings (SSSR count). The molecule has 0 amide bonds. The second-order valence-electron chi connectivity index (χ2n) is 5.21. The lowest BCUT2D eigenvalue weighted by Crippen LogP contribution is -2.42. The molecule has 0 spiro atoms. The predicted octanol–water partition coefficient (Wildman–Crippen LogP) is 1.07. The van der Waals surface area contributed by atoms with Crippen molar-refractivity contribution in [1.82, 2.24) is 0 Å². The lowest BCUT2D eigenvalue weighted by molar-refractivity contribution is -0.176. The average Bonchev–Trinajstić information content (AvgIpc) is 2.40. The minimum Gasteiger partial charge on any atom is -0.392 e. The lowest BCUT2D eigenvalue weighted by Gasteiger charge is -2.33. The van der Waals surface area contributed by atoms with E-state index in [9.17, 15) is 9.59 Å². The highest BCUT2D eigenvalue weighted by Gasteiger charge is 2.43. The molecule has 4 radical (unpaired) electrons. The smallest absolute Gasteiger partial charge is 0.320 e. The number of carbonyl (C=O) groups excluding carboxylic acids is 2. The Kier molecular flexibility index (Phi) is 4.26. The molecule has 19 heavy (non-hydrogen) atoms. The molecule has 5 nitrogen and oxygen atoms in total. The molecule has 0 atom stereocenters. The van der Waals surface area contributed by atoms with Gasteiger partial charge in [-0.25, -0.2) is 0 Å². The van der Waals surface area contributed by atoms with E-state index in [4.69, 9.17) is 28.1 Å². The van der Waals surface area contributed by atoms with E-state index in [1.165, 1.54) is 0 Å². The van der Waals surface area contributed by atoms with Crippen LogP contribution in [0.1, 0.15) is 25.7 Å². The van der Waals surface area contributed by atoms with Crippen molar-refractivity contribution in [2.45, 2.75) is 25.7 Å². The zero-order chi connectivity index (χ0) is 13.9. The van der Waals surface area contributed by atoms with E-state index in [0.29, 0.717) is 52.1 Å². The van der Waals surface area contributed by atoms with Crippen LogP contribution in [0.5, 0.6) is 0 Å². The molecule has 0 aliphatic carbocycles. The van der Waals surface area contributed by atoms with Crippen molar-refractivity contribution in [3.8, 4) is 0 Å². The van der Waals surface area contributed by atoms with E-state index >= 15 is 0 Å². The Bertz CT molecular complexity index is 317. The van der Waals surface area contributed by atoms with E-state index in [1.807, 2.05) is 0 Å². The van der Waals surface area contributed by atoms with Gasteiger partial charge < -0.3 is 14.2 Å². The third-order valence-corrected chi connectivity index (χ3v) is 3.77. The molecule has 2 saturated heterocycles. The first kappa shape index (κ1) is 14.5. The fourth-order valence-electron chi connectivity index (χ4n) is 2.17. The summed E-state index contributed by atoms with van der Waals surface area (Å²) in [6.07, 6.45) is 1.39. The van der Waals surface area contributed by atoms with E-state index < -0.39 is 22.8 Å². The predicted molar refractivity (Wildman–Crippen MR) is 64.7 cm³/mol. The molecule has 104 valence electrons. The van der Waals surface area contributed by atoms with E-state index in [0.717, 1.165) is 0 Å². The minimum absolute atomic E-state index is 0.347. The van der Waals surface area contributed by atoms with Crippen LogP contribution in [0, 0.1) is 24.7 Å². The Morgan fingerprint density at radius 3 is 1.42 bits per heavy atom. The highest BCUT2D eigenvalue weighted by molar-refractivity contribution is 5.92. The Balaban J connectivity index is 1.96. The van der Waals surface area contributed by atoms with Crippen LogP contribution in [0.15, 0.2) is 0 Å². The van der Waals surface area contributed by atoms with Gasteiger partial charge in [0.05, 0.1) is 10.8 Å². The first-order chi connectivity index (χ1) is 8.96. The van der Waals surface area contributed by atoms with Crippen molar-refractivity contribution in [2.24, 2.45) is 10.8 Å². The third-order valence-electron chi connectivity index (χ3n) is 3.77. The Labute approximate surface area is 113 Å². The van der Waals surface area contributed by atoms with Gasteiger partial charge in [0, 0.05) is 26.4 Å². The van der Waals surface area contributed by atoms with Crippen LogP contribution in [-0.4, -0.2) is 38.4 Å². The fourth-order valence-corrected chi connectivity index (χ4v) is 2.17. The number of hydrogen-bond donors (Lipinski definition) is 0. The van der Waals surface area contributed by atoms with Crippen molar-refractivity contribution in [3.05, 3.63) is 13.8 Å². The lowest BCUT2D eigenvalue weighted by atomic mass is 9.81. The van der Waals surface area contributed by atoms with Crippen LogP contribution < -0.4 is 0 Å². The summed E-state index contributed by atoms with van der Waals surface area (Å²) in [5.74, 6) is -1.42. The maximum Gasteiger partial charge on any atom is 0.320 e. The van der Waals surface area contributed by atoms with Crippen molar-refractivity contribution in [1.29, 1.82) is 0 Å². The standard InChI is InChI=1S/C14H18O5/c1-13(3-7-17-8-4-13)11(15)19-12(16)14(2)5-9-18-10-6-14/h1-2H,3-10H2. The van der Waals surface area contributed by atoms with Crippen LogP contribution in [0.3, 0.4) is 0 Å². The highest BCUT2D eigenvalue weighted by Crippen LogP contribution is 2.34. The normalized spacial score (nSPS) is 25.6. The fraction of sp³-hybridized carbons (Fsp3) is 0.714. The molecule has 0 N–H and O–H groups in total. The molecule has 0 aromatic rings. The minimum atomic E-state index is -1.14. The molecule has 0 aromatic carbocycles. The summed E-state index contributed by atoms with van der Waals surface area (Å²) in [5, 5.41) is 0. The van der Waals surface area contributed by atoms with Gasteiger partial charge in [0.2, 0.25) is 0 Å². The zero-order valence-corrected chi connectivity index (χ0v) is 10.9. The van der Waals surface area contributed by atoms with Crippen LogP contribution in [-0.2, 0) is 23.8 Å². The second kappa shape index (κ2) is 5.59. The molecule has 5 heteroatoms. The van der Waals surface area contributed by atoms with Crippen molar-refractivity contribution in [2.75, 3.05) is 26.4 Å². The van der Waals surface area contributed by atoms with Gasteiger partial charge in [-0.15, -0.1) is 0 Å². The molecule has 2 aliphatic heterocycles. The van der Waals surface area contributed by atoms with Crippen molar-refractivity contribution < 1.29 is 23.8 Å². The van der Waals surface area contributed by atoms with Gasteiger partial charge >= 0.3 is 11.9 Å². The summed E-state index contributed by atoms with van der Waals surface area (Å²) in [6, 6.07) is 0. The highest BCUT2D eigenvalue weighted by atomic mass is 16.6. The van der Waals surface area contributed by atoms with Crippen LogP contribution >= 0.6 is 0 Å². The van der Waals surface area contributed by atoms with E-state index in [2.05, 4.69) is 0 Å². The monoisotopic (exact) mass is 266 g/mol. The van der Waals surface area contributed by atoms with E-state index in [1.54, 1.807) is 0 Å². The average molecular weight is 266 g/mol. The summed E-state index contributed by atoms with van der Waals surface area (Å²) in [5.41, 5.74) is -2.29. The Morgan fingerprint density at radius 1 is 0.789 bits per heavy atom. The second-order valence-corrected chi connectivity index (χ2v) is 5.21. The largest absolute Gasteiger partial charge is 0.392 e. The van der Waals surface area contributed by atoms with Gasteiger partial charge in [0.15, 0.2) is 0 Å². The molecular weight excluding hydrogens is 248 g/mol.